The number of carbonyl (C=O) groups excluding carboxylic acids is 1. The van der Waals surface area contributed by atoms with Gasteiger partial charge in [-0.15, -0.1) is 0 Å². The number of ketones is 1. The number of benzene rings is 1. The minimum absolute atomic E-state index is 0.0568. The first-order chi connectivity index (χ1) is 13.1. The molecule has 1 aliphatic carbocycles. The average molecular weight is 378 g/mol. The molecule has 0 unspecified atom stereocenters. The fourth-order valence-electron chi connectivity index (χ4n) is 4.30. The van der Waals surface area contributed by atoms with E-state index in [4.69, 9.17) is 4.52 Å². The van der Waals surface area contributed by atoms with E-state index in [9.17, 15) is 9.90 Å². The molecule has 0 amide bonds. The summed E-state index contributed by atoms with van der Waals surface area (Å²) < 4.78 is 5.51. The minimum Gasteiger partial charge on any atom is -0.508 e. The van der Waals surface area contributed by atoms with Gasteiger partial charge in [-0.3, -0.25) is 4.79 Å². The second-order valence-corrected chi connectivity index (χ2v) is 7.88. The molecule has 2 atom stereocenters. The van der Waals surface area contributed by atoms with Crippen LogP contribution < -0.4 is 5.32 Å². The largest absolute Gasteiger partial charge is 0.508 e. The number of aromatic nitrogens is 1. The molecule has 0 fully saturated rings. The Hall–Kier alpha value is -2.86. The van der Waals surface area contributed by atoms with Crippen LogP contribution >= 0.6 is 11.3 Å². The summed E-state index contributed by atoms with van der Waals surface area (Å²) in [5.74, 6) is 0.763. The lowest BCUT2D eigenvalue weighted by molar-refractivity contribution is -0.116. The van der Waals surface area contributed by atoms with Gasteiger partial charge in [-0.2, -0.15) is 11.3 Å². The zero-order chi connectivity index (χ0) is 18.5. The van der Waals surface area contributed by atoms with Crippen LogP contribution in [0, 0.1) is 6.92 Å². The first-order valence-electron chi connectivity index (χ1n) is 8.93. The van der Waals surface area contributed by atoms with Crippen LogP contribution in [0.2, 0.25) is 0 Å². The van der Waals surface area contributed by atoms with Crippen LogP contribution in [-0.4, -0.2) is 16.0 Å². The first kappa shape index (κ1) is 16.3. The molecule has 0 saturated carbocycles. The van der Waals surface area contributed by atoms with Crippen LogP contribution in [0.1, 0.15) is 47.1 Å². The number of carbonyl (C=O) groups is 1. The molecule has 5 nitrogen and oxygen atoms in total. The summed E-state index contributed by atoms with van der Waals surface area (Å²) in [5, 5.41) is 21.8. The van der Waals surface area contributed by atoms with Gasteiger partial charge in [-0.25, -0.2) is 0 Å². The van der Waals surface area contributed by atoms with E-state index in [0.717, 1.165) is 33.7 Å². The summed E-state index contributed by atoms with van der Waals surface area (Å²) in [6.45, 7) is 1.91. The number of phenolic OH excluding ortho intramolecular Hbond substituents is 1. The van der Waals surface area contributed by atoms with Crippen molar-refractivity contribution in [1.82, 2.24) is 5.16 Å². The Morgan fingerprint density at radius 2 is 2.11 bits per heavy atom. The van der Waals surface area contributed by atoms with Crippen molar-refractivity contribution in [1.29, 1.82) is 0 Å². The van der Waals surface area contributed by atoms with Crippen molar-refractivity contribution < 1.29 is 14.4 Å². The van der Waals surface area contributed by atoms with E-state index >= 15 is 0 Å². The number of thiophene rings is 1. The highest BCUT2D eigenvalue weighted by molar-refractivity contribution is 7.08. The zero-order valence-electron chi connectivity index (χ0n) is 14.7. The normalized spacial score (nSPS) is 21.6. The van der Waals surface area contributed by atoms with Crippen LogP contribution in [0.3, 0.4) is 0 Å². The number of phenols is 1. The van der Waals surface area contributed by atoms with Gasteiger partial charge in [0, 0.05) is 29.5 Å². The van der Waals surface area contributed by atoms with Gasteiger partial charge in [-0.1, -0.05) is 23.4 Å². The van der Waals surface area contributed by atoms with Gasteiger partial charge >= 0.3 is 0 Å². The van der Waals surface area contributed by atoms with E-state index < -0.39 is 0 Å². The Balaban J connectivity index is 1.63. The van der Waals surface area contributed by atoms with Crippen molar-refractivity contribution in [3.05, 3.63) is 74.7 Å². The van der Waals surface area contributed by atoms with Gasteiger partial charge < -0.3 is 14.9 Å². The van der Waals surface area contributed by atoms with Crippen molar-refractivity contribution in [2.24, 2.45) is 0 Å². The monoisotopic (exact) mass is 378 g/mol. The molecule has 2 aliphatic rings. The molecule has 1 aromatic carbocycles. The van der Waals surface area contributed by atoms with E-state index in [1.165, 1.54) is 0 Å². The molecule has 6 heteroatoms. The van der Waals surface area contributed by atoms with E-state index in [2.05, 4.69) is 21.9 Å². The number of hydrogen-bond acceptors (Lipinski definition) is 6. The third-order valence-corrected chi connectivity index (χ3v) is 6.21. The lowest BCUT2D eigenvalue weighted by Crippen LogP contribution is -2.29. The van der Waals surface area contributed by atoms with Crippen molar-refractivity contribution in [3.8, 4) is 5.75 Å². The molecule has 2 N–H and O–H groups in total. The molecule has 0 saturated heterocycles. The molecule has 0 bridgehead atoms. The number of Topliss-reactive ketones (excluding diaryl/α,β-unsaturated/α-hetero) is 1. The number of aryl methyl sites for hydroxylation is 1. The Morgan fingerprint density at radius 3 is 2.89 bits per heavy atom. The Morgan fingerprint density at radius 1 is 1.26 bits per heavy atom. The molecular formula is C21H18N2O3S. The minimum atomic E-state index is -0.147. The van der Waals surface area contributed by atoms with Crippen LogP contribution in [0.5, 0.6) is 5.75 Å². The SMILES string of the molecule is Cc1noc2c1[C@@H](c1ccsc1)C1=C(C[C@H](c3ccccc3O)CC1=O)N2. The maximum atomic E-state index is 13.2. The van der Waals surface area contributed by atoms with Gasteiger partial charge in [0.1, 0.15) is 5.75 Å². The Kier molecular flexibility index (Phi) is 3.68. The third kappa shape index (κ3) is 2.51. The summed E-state index contributed by atoms with van der Waals surface area (Å²) in [6.07, 6.45) is 1.04. The van der Waals surface area contributed by atoms with Gasteiger partial charge in [0.2, 0.25) is 5.88 Å². The van der Waals surface area contributed by atoms with Gasteiger partial charge in [-0.05, 0) is 47.4 Å². The third-order valence-electron chi connectivity index (χ3n) is 5.51. The number of nitrogens with zero attached hydrogens (tertiary/aromatic N) is 1. The van der Waals surface area contributed by atoms with Crippen LogP contribution in [-0.2, 0) is 4.79 Å². The summed E-state index contributed by atoms with van der Waals surface area (Å²) in [6, 6.07) is 9.31. The van der Waals surface area contributed by atoms with Gasteiger partial charge in [0.15, 0.2) is 5.78 Å². The highest BCUT2D eigenvalue weighted by atomic mass is 32.1. The summed E-state index contributed by atoms with van der Waals surface area (Å²) in [4.78, 5) is 13.2. The number of nitrogens with one attached hydrogen (secondary N) is 1. The Bertz CT molecular complexity index is 1070. The molecule has 5 rings (SSSR count). The number of anilines is 1. The van der Waals surface area contributed by atoms with E-state index in [1.807, 2.05) is 24.4 Å². The van der Waals surface area contributed by atoms with Crippen LogP contribution in [0.4, 0.5) is 5.88 Å². The number of hydrogen-bond donors (Lipinski definition) is 2. The predicted octanol–water partition coefficient (Wildman–Crippen LogP) is 4.71. The molecule has 2 aromatic heterocycles. The molecule has 1 aliphatic heterocycles. The molecule has 0 spiro atoms. The van der Waals surface area contributed by atoms with E-state index in [1.54, 1.807) is 23.5 Å². The molecular weight excluding hydrogens is 360 g/mol. The van der Waals surface area contributed by atoms with Crippen LogP contribution in [0.15, 0.2) is 56.9 Å². The molecule has 27 heavy (non-hydrogen) atoms. The number of para-hydroxylation sites is 1. The zero-order valence-corrected chi connectivity index (χ0v) is 15.5. The molecule has 3 aromatic rings. The number of allylic oxidation sites excluding steroid dienone is 2. The predicted molar refractivity (Wildman–Crippen MR) is 103 cm³/mol. The standard InChI is InChI=1S/C21H18N2O3S/c1-11-18-19(12-6-7-27-10-12)20-15(22-21(18)26-23-11)8-13(9-17(20)25)14-4-2-3-5-16(14)24/h2-7,10,13,19,22,24H,8-9H2,1H3/t13-,19+/m0/s1. The van der Waals surface area contributed by atoms with Crippen molar-refractivity contribution in [2.45, 2.75) is 31.6 Å². The van der Waals surface area contributed by atoms with Crippen molar-refractivity contribution in [3.63, 3.8) is 0 Å². The second kappa shape index (κ2) is 6.09. The quantitative estimate of drug-likeness (QED) is 0.675. The van der Waals surface area contributed by atoms with Crippen molar-refractivity contribution >= 4 is 23.0 Å². The lowest BCUT2D eigenvalue weighted by Gasteiger charge is -2.34. The first-order valence-corrected chi connectivity index (χ1v) is 9.87. The summed E-state index contributed by atoms with van der Waals surface area (Å²) in [5.41, 5.74) is 5.33. The summed E-state index contributed by atoms with van der Waals surface area (Å²) >= 11 is 1.62. The van der Waals surface area contributed by atoms with E-state index in [-0.39, 0.29) is 23.4 Å². The maximum absolute atomic E-state index is 13.2. The number of fused-ring (bicyclic) bond motifs is 1. The van der Waals surface area contributed by atoms with Crippen molar-refractivity contribution in [2.75, 3.05) is 5.32 Å². The topological polar surface area (TPSA) is 75.4 Å². The lowest BCUT2D eigenvalue weighted by atomic mass is 9.73. The summed E-state index contributed by atoms with van der Waals surface area (Å²) in [7, 11) is 0. The maximum Gasteiger partial charge on any atom is 0.233 e. The average Bonchev–Trinajstić information content (AvgIpc) is 3.31. The highest BCUT2D eigenvalue weighted by Gasteiger charge is 2.41. The highest BCUT2D eigenvalue weighted by Crippen LogP contribution is 2.49. The molecule has 3 heterocycles. The fourth-order valence-corrected chi connectivity index (χ4v) is 4.98. The second-order valence-electron chi connectivity index (χ2n) is 7.10. The Labute approximate surface area is 160 Å². The van der Waals surface area contributed by atoms with Gasteiger partial charge in [0.25, 0.3) is 0 Å². The van der Waals surface area contributed by atoms with E-state index in [0.29, 0.717) is 18.7 Å². The fraction of sp³-hybridized carbons (Fsp3) is 0.238. The molecule has 0 radical (unpaired) electrons. The van der Waals surface area contributed by atoms with Gasteiger partial charge in [0.05, 0.1) is 11.3 Å². The van der Waals surface area contributed by atoms with Crippen LogP contribution in [0.25, 0.3) is 0 Å². The smallest absolute Gasteiger partial charge is 0.233 e. The number of rotatable bonds is 2. The number of aromatic hydroxyl groups is 1. The molecule has 136 valence electrons.